The summed E-state index contributed by atoms with van der Waals surface area (Å²) in [6.07, 6.45) is 0.0364. The van der Waals surface area contributed by atoms with Crippen LogP contribution in [0.5, 0.6) is 11.5 Å². The monoisotopic (exact) mass is 487 g/mol. The maximum absolute atomic E-state index is 12.5. The Morgan fingerprint density at radius 3 is 2.39 bits per heavy atom. The maximum Gasteiger partial charge on any atom is 0.343 e. The largest absolute Gasteiger partial charge is 0.497 e. The van der Waals surface area contributed by atoms with Crippen molar-refractivity contribution in [1.29, 1.82) is 0 Å². The number of carbonyl (C=O) groups is 4. The van der Waals surface area contributed by atoms with Crippen molar-refractivity contribution in [1.82, 2.24) is 0 Å². The number of Topliss-reactive ketones (excluding diaryl/α,β-unsaturated/α-hetero) is 1. The molecule has 1 amide bonds. The predicted molar refractivity (Wildman–Crippen MR) is 131 cm³/mol. The summed E-state index contributed by atoms with van der Waals surface area (Å²) in [6, 6.07) is 20.0. The van der Waals surface area contributed by atoms with Crippen LogP contribution >= 0.6 is 0 Å². The third-order valence-electron chi connectivity index (χ3n) is 5.90. The fraction of sp³-hybridized carbons (Fsp3) is 0.214. The summed E-state index contributed by atoms with van der Waals surface area (Å²) in [4.78, 5) is 51.4. The number of carbonyl (C=O) groups excluding carboxylic acids is 4. The number of esters is 2. The summed E-state index contributed by atoms with van der Waals surface area (Å²) in [5, 5.41) is 0. The van der Waals surface area contributed by atoms with Gasteiger partial charge in [0.15, 0.2) is 12.4 Å². The van der Waals surface area contributed by atoms with Crippen LogP contribution in [0.2, 0.25) is 0 Å². The summed E-state index contributed by atoms with van der Waals surface area (Å²) in [7, 11) is 1.50. The van der Waals surface area contributed by atoms with E-state index in [2.05, 4.69) is 0 Å². The van der Waals surface area contributed by atoms with Crippen LogP contribution in [-0.4, -0.2) is 43.9 Å². The zero-order valence-corrected chi connectivity index (χ0v) is 19.9. The van der Waals surface area contributed by atoms with Gasteiger partial charge in [-0.3, -0.25) is 14.4 Å². The van der Waals surface area contributed by atoms with E-state index in [1.807, 2.05) is 31.2 Å². The van der Waals surface area contributed by atoms with E-state index in [-0.39, 0.29) is 24.6 Å². The molecule has 0 bridgehead atoms. The number of benzene rings is 3. The van der Waals surface area contributed by atoms with Gasteiger partial charge in [-0.1, -0.05) is 24.3 Å². The number of para-hydroxylation sites is 1. The van der Waals surface area contributed by atoms with Crippen molar-refractivity contribution < 1.29 is 33.4 Å². The van der Waals surface area contributed by atoms with E-state index < -0.39 is 30.2 Å². The third-order valence-corrected chi connectivity index (χ3v) is 5.90. The van der Waals surface area contributed by atoms with Crippen LogP contribution in [0.4, 0.5) is 5.69 Å². The minimum absolute atomic E-state index is 0.0364. The van der Waals surface area contributed by atoms with Gasteiger partial charge in [0.25, 0.3) is 0 Å². The lowest BCUT2D eigenvalue weighted by atomic mass is 10.1. The minimum atomic E-state index is -0.636. The molecular formula is C28H25NO7. The minimum Gasteiger partial charge on any atom is -0.497 e. The fourth-order valence-corrected chi connectivity index (χ4v) is 3.93. The molecule has 0 unspecified atom stereocenters. The van der Waals surface area contributed by atoms with Crippen LogP contribution < -0.4 is 14.4 Å². The average Bonchev–Trinajstić information content (AvgIpc) is 3.29. The Morgan fingerprint density at radius 1 is 0.917 bits per heavy atom. The molecule has 1 atom stereocenters. The second kappa shape index (κ2) is 10.9. The van der Waals surface area contributed by atoms with Gasteiger partial charge in [0.05, 0.1) is 18.6 Å². The standard InChI is InChI=1S/C28H25NO7/c1-18-6-3-4-9-24(18)29-16-21(15-26(29)31)27(32)35-17-25(30)19-10-12-22(13-11-19)36-28(33)20-7-5-8-23(14-20)34-2/h3-14,21H,15-17H2,1-2H3/t21-/m0/s1. The molecule has 3 aromatic carbocycles. The molecule has 0 spiro atoms. The summed E-state index contributed by atoms with van der Waals surface area (Å²) in [5.41, 5.74) is 2.33. The van der Waals surface area contributed by atoms with E-state index in [1.165, 1.54) is 31.4 Å². The normalized spacial score (nSPS) is 14.9. The van der Waals surface area contributed by atoms with Crippen molar-refractivity contribution >= 4 is 29.3 Å². The number of ketones is 1. The highest BCUT2D eigenvalue weighted by atomic mass is 16.5. The number of anilines is 1. The Morgan fingerprint density at radius 2 is 1.67 bits per heavy atom. The predicted octanol–water partition coefficient (Wildman–Crippen LogP) is 4.00. The zero-order valence-electron chi connectivity index (χ0n) is 19.9. The van der Waals surface area contributed by atoms with Crippen molar-refractivity contribution in [3.05, 3.63) is 89.5 Å². The molecule has 0 saturated carbocycles. The average molecular weight is 488 g/mol. The van der Waals surface area contributed by atoms with Crippen molar-refractivity contribution in [2.75, 3.05) is 25.2 Å². The van der Waals surface area contributed by atoms with Crippen LogP contribution in [0.25, 0.3) is 0 Å². The second-order valence-corrected chi connectivity index (χ2v) is 8.37. The molecule has 1 saturated heterocycles. The van der Waals surface area contributed by atoms with Gasteiger partial charge in [-0.25, -0.2) is 4.79 Å². The number of rotatable bonds is 8. The molecule has 3 aromatic rings. The Hall–Kier alpha value is -4.46. The summed E-state index contributed by atoms with van der Waals surface area (Å²) >= 11 is 0. The van der Waals surface area contributed by atoms with E-state index in [9.17, 15) is 19.2 Å². The molecule has 1 aliphatic rings. The van der Waals surface area contributed by atoms with Crippen LogP contribution in [0.1, 0.15) is 32.7 Å². The molecular weight excluding hydrogens is 462 g/mol. The zero-order chi connectivity index (χ0) is 25.7. The topological polar surface area (TPSA) is 99.2 Å². The van der Waals surface area contributed by atoms with Crippen molar-refractivity contribution in [3.63, 3.8) is 0 Å². The SMILES string of the molecule is COc1cccc(C(=O)Oc2ccc(C(=O)COC(=O)[C@H]3CC(=O)N(c4ccccc4C)C3)cc2)c1. The summed E-state index contributed by atoms with van der Waals surface area (Å²) in [6.45, 7) is 1.67. The van der Waals surface area contributed by atoms with E-state index in [4.69, 9.17) is 14.2 Å². The first kappa shape index (κ1) is 24.7. The lowest BCUT2D eigenvalue weighted by molar-refractivity contribution is -0.147. The third kappa shape index (κ3) is 5.60. The van der Waals surface area contributed by atoms with Crippen LogP contribution in [0.3, 0.4) is 0 Å². The van der Waals surface area contributed by atoms with Crippen molar-refractivity contribution in [2.45, 2.75) is 13.3 Å². The van der Waals surface area contributed by atoms with Crippen molar-refractivity contribution in [2.24, 2.45) is 5.92 Å². The Labute approximate surface area is 208 Å². The van der Waals surface area contributed by atoms with Crippen LogP contribution in [-0.2, 0) is 14.3 Å². The molecule has 0 radical (unpaired) electrons. The van der Waals surface area contributed by atoms with E-state index in [0.29, 0.717) is 16.9 Å². The van der Waals surface area contributed by atoms with Gasteiger partial charge in [-0.05, 0) is 61.0 Å². The van der Waals surface area contributed by atoms with Gasteiger partial charge in [-0.15, -0.1) is 0 Å². The van der Waals surface area contributed by atoms with Gasteiger partial charge in [0.1, 0.15) is 11.5 Å². The molecule has 0 N–H and O–H groups in total. The number of amides is 1. The number of hydrogen-bond acceptors (Lipinski definition) is 7. The summed E-state index contributed by atoms with van der Waals surface area (Å²) < 4.78 is 15.7. The number of hydrogen-bond donors (Lipinski definition) is 0. The quantitative estimate of drug-likeness (QED) is 0.269. The first-order chi connectivity index (χ1) is 17.4. The van der Waals surface area contributed by atoms with E-state index >= 15 is 0 Å². The molecule has 0 aromatic heterocycles. The van der Waals surface area contributed by atoms with Crippen LogP contribution in [0.15, 0.2) is 72.8 Å². The highest BCUT2D eigenvalue weighted by Crippen LogP contribution is 2.28. The molecule has 4 rings (SSSR count). The number of ether oxygens (including phenoxy) is 3. The molecule has 8 heteroatoms. The van der Waals surface area contributed by atoms with E-state index in [1.54, 1.807) is 29.2 Å². The fourth-order valence-electron chi connectivity index (χ4n) is 3.93. The van der Waals surface area contributed by atoms with Gasteiger partial charge in [0, 0.05) is 24.2 Å². The molecule has 0 aliphatic carbocycles. The Balaban J connectivity index is 1.30. The number of aryl methyl sites for hydroxylation is 1. The van der Waals surface area contributed by atoms with Gasteiger partial charge in [-0.2, -0.15) is 0 Å². The van der Waals surface area contributed by atoms with Crippen LogP contribution in [0, 0.1) is 12.8 Å². The molecule has 1 fully saturated rings. The summed E-state index contributed by atoms with van der Waals surface area (Å²) in [5.74, 6) is -1.56. The maximum atomic E-state index is 12.5. The van der Waals surface area contributed by atoms with Gasteiger partial charge >= 0.3 is 11.9 Å². The van der Waals surface area contributed by atoms with Crippen molar-refractivity contribution in [3.8, 4) is 11.5 Å². The van der Waals surface area contributed by atoms with Gasteiger partial charge < -0.3 is 19.1 Å². The number of nitrogens with zero attached hydrogens (tertiary/aromatic N) is 1. The Kier molecular flexibility index (Phi) is 7.44. The highest BCUT2D eigenvalue weighted by molar-refractivity contribution is 6.01. The van der Waals surface area contributed by atoms with Gasteiger partial charge in [0.2, 0.25) is 5.91 Å². The highest BCUT2D eigenvalue weighted by Gasteiger charge is 2.36. The lowest BCUT2D eigenvalue weighted by Crippen LogP contribution is -2.27. The molecule has 36 heavy (non-hydrogen) atoms. The Bertz CT molecular complexity index is 1300. The second-order valence-electron chi connectivity index (χ2n) is 8.37. The number of methoxy groups -OCH3 is 1. The molecule has 184 valence electrons. The first-order valence-corrected chi connectivity index (χ1v) is 11.4. The van der Waals surface area contributed by atoms with E-state index in [0.717, 1.165) is 11.3 Å². The molecule has 1 heterocycles. The molecule has 1 aliphatic heterocycles. The first-order valence-electron chi connectivity index (χ1n) is 11.4. The smallest absolute Gasteiger partial charge is 0.343 e. The molecule has 8 nitrogen and oxygen atoms in total. The lowest BCUT2D eigenvalue weighted by Gasteiger charge is -2.18.